The van der Waals surface area contributed by atoms with Gasteiger partial charge in [-0.15, -0.1) is 0 Å². The average Bonchev–Trinajstić information content (AvgIpc) is 2.36. The van der Waals surface area contributed by atoms with Crippen LogP contribution in [0.15, 0.2) is 24.3 Å². The van der Waals surface area contributed by atoms with Gasteiger partial charge in [0, 0.05) is 16.7 Å². The zero-order valence-corrected chi connectivity index (χ0v) is 13.4. The smallest absolute Gasteiger partial charge is 0.299 e. The molecule has 0 atom stereocenters. The molecule has 1 aromatic rings. The molecule has 0 unspecified atom stereocenters. The van der Waals surface area contributed by atoms with Crippen molar-refractivity contribution in [2.45, 2.75) is 53.1 Å². The van der Waals surface area contributed by atoms with Crippen LogP contribution in [0, 0.1) is 11.3 Å². The van der Waals surface area contributed by atoms with Gasteiger partial charge in [0.1, 0.15) is 5.78 Å². The predicted molar refractivity (Wildman–Crippen MR) is 78.1 cm³/mol. The van der Waals surface area contributed by atoms with E-state index in [0.717, 1.165) is 17.7 Å². The Balaban J connectivity index is 3.22. The molecule has 21 heavy (non-hydrogen) atoms. The van der Waals surface area contributed by atoms with Crippen LogP contribution < -0.4 is 0 Å². The van der Waals surface area contributed by atoms with Crippen LogP contribution in [0.5, 0.6) is 0 Å². The summed E-state index contributed by atoms with van der Waals surface area (Å²) in [6.07, 6.45) is -4.34. The number of ketones is 1. The first-order valence-corrected chi connectivity index (χ1v) is 7.04. The Labute approximate surface area is 124 Å². The van der Waals surface area contributed by atoms with Crippen molar-refractivity contribution in [2.24, 2.45) is 11.3 Å². The first-order valence-electron chi connectivity index (χ1n) is 7.04. The van der Waals surface area contributed by atoms with Gasteiger partial charge in [0.05, 0.1) is 5.56 Å². The summed E-state index contributed by atoms with van der Waals surface area (Å²) in [5.74, 6) is -0.0129. The minimum absolute atomic E-state index is 0.104. The van der Waals surface area contributed by atoms with Gasteiger partial charge in [-0.25, -0.2) is 0 Å². The minimum atomic E-state index is -4.34. The molecule has 4 heteroatoms. The second-order valence-electron chi connectivity index (χ2n) is 6.84. The molecular formula is C17H23F3O. The molecule has 0 fully saturated rings. The molecule has 0 radical (unpaired) electrons. The third-order valence-electron chi connectivity index (χ3n) is 4.64. The molecule has 1 rings (SSSR count). The highest BCUT2D eigenvalue weighted by Crippen LogP contribution is 2.44. The zero-order chi connectivity index (χ0) is 16.6. The maximum atomic E-state index is 12.6. The van der Waals surface area contributed by atoms with Crippen LogP contribution >= 0.6 is 0 Å². The molecule has 1 aromatic carbocycles. The standard InChI is InChI=1S/C17H23F3O/c1-11(2)14(21)16(5,6)15(3,4)12-7-9-13(10-8-12)17(18,19)20/h7-11H,1-6H3. The predicted octanol–water partition coefficient (Wildman–Crippen LogP) is 5.23. The lowest BCUT2D eigenvalue weighted by atomic mass is 9.60. The molecule has 0 bridgehead atoms. The van der Waals surface area contributed by atoms with Crippen LogP contribution in [-0.4, -0.2) is 5.78 Å². The van der Waals surface area contributed by atoms with Crippen LogP contribution in [-0.2, 0) is 16.4 Å². The molecule has 0 aliphatic carbocycles. The lowest BCUT2D eigenvalue weighted by Crippen LogP contribution is -2.44. The summed E-state index contributed by atoms with van der Waals surface area (Å²) in [5, 5.41) is 0. The van der Waals surface area contributed by atoms with Crippen LogP contribution in [0.25, 0.3) is 0 Å². The van der Waals surface area contributed by atoms with Crippen LogP contribution in [0.2, 0.25) is 0 Å². The number of Topliss-reactive ketones (excluding diaryl/α,β-unsaturated/α-hetero) is 1. The highest BCUT2D eigenvalue weighted by Gasteiger charge is 2.44. The Kier molecular flexibility index (Phi) is 4.62. The van der Waals surface area contributed by atoms with Crippen LogP contribution in [0.3, 0.4) is 0 Å². The Morgan fingerprint density at radius 1 is 0.905 bits per heavy atom. The van der Waals surface area contributed by atoms with Gasteiger partial charge in [-0.3, -0.25) is 4.79 Å². The number of alkyl halides is 3. The second-order valence-corrected chi connectivity index (χ2v) is 6.84. The molecule has 0 aliphatic rings. The molecule has 0 saturated heterocycles. The Hall–Kier alpha value is -1.32. The van der Waals surface area contributed by atoms with Gasteiger partial charge in [-0.1, -0.05) is 53.7 Å². The number of carbonyl (C=O) groups excluding carboxylic acids is 1. The van der Waals surface area contributed by atoms with Crippen molar-refractivity contribution in [1.29, 1.82) is 0 Å². The van der Waals surface area contributed by atoms with Gasteiger partial charge in [-0.05, 0) is 17.7 Å². The zero-order valence-electron chi connectivity index (χ0n) is 13.4. The largest absolute Gasteiger partial charge is 0.416 e. The van der Waals surface area contributed by atoms with Gasteiger partial charge >= 0.3 is 6.18 Å². The summed E-state index contributed by atoms with van der Waals surface area (Å²) in [6.45, 7) is 11.2. The number of hydrogen-bond donors (Lipinski definition) is 0. The van der Waals surface area contributed by atoms with Gasteiger partial charge in [-0.2, -0.15) is 13.2 Å². The Bertz CT molecular complexity index is 508. The Morgan fingerprint density at radius 3 is 1.62 bits per heavy atom. The first kappa shape index (κ1) is 17.7. The Morgan fingerprint density at radius 2 is 1.29 bits per heavy atom. The van der Waals surface area contributed by atoms with E-state index in [1.54, 1.807) is 0 Å². The van der Waals surface area contributed by atoms with Crippen LogP contribution in [0.1, 0.15) is 52.7 Å². The molecule has 0 N–H and O–H groups in total. The van der Waals surface area contributed by atoms with E-state index in [-0.39, 0.29) is 11.7 Å². The van der Waals surface area contributed by atoms with Gasteiger partial charge in [0.15, 0.2) is 0 Å². The second kappa shape index (κ2) is 5.47. The molecule has 0 heterocycles. The molecule has 0 aromatic heterocycles. The number of halogens is 3. The quantitative estimate of drug-likeness (QED) is 0.743. The van der Waals surface area contributed by atoms with E-state index in [1.165, 1.54) is 12.1 Å². The fourth-order valence-corrected chi connectivity index (χ4v) is 2.47. The van der Waals surface area contributed by atoms with E-state index in [0.29, 0.717) is 0 Å². The number of benzene rings is 1. The van der Waals surface area contributed by atoms with E-state index in [1.807, 2.05) is 41.5 Å². The summed E-state index contributed by atoms with van der Waals surface area (Å²) in [4.78, 5) is 12.4. The fourth-order valence-electron chi connectivity index (χ4n) is 2.47. The van der Waals surface area contributed by atoms with Gasteiger partial charge < -0.3 is 0 Å². The highest BCUT2D eigenvalue weighted by molar-refractivity contribution is 5.87. The van der Waals surface area contributed by atoms with Crippen molar-refractivity contribution >= 4 is 5.78 Å². The summed E-state index contributed by atoms with van der Waals surface area (Å²) in [7, 11) is 0. The summed E-state index contributed by atoms with van der Waals surface area (Å²) >= 11 is 0. The van der Waals surface area contributed by atoms with Crippen molar-refractivity contribution in [3.63, 3.8) is 0 Å². The molecule has 0 spiro atoms. The molecule has 118 valence electrons. The molecular weight excluding hydrogens is 277 g/mol. The van der Waals surface area contributed by atoms with Crippen LogP contribution in [0.4, 0.5) is 13.2 Å². The third-order valence-corrected chi connectivity index (χ3v) is 4.64. The van der Waals surface area contributed by atoms with E-state index in [2.05, 4.69) is 0 Å². The summed E-state index contributed by atoms with van der Waals surface area (Å²) in [5.41, 5.74) is -1.16. The van der Waals surface area contributed by atoms with Crippen molar-refractivity contribution in [2.75, 3.05) is 0 Å². The van der Waals surface area contributed by atoms with Crippen molar-refractivity contribution < 1.29 is 18.0 Å². The lowest BCUT2D eigenvalue weighted by Gasteiger charge is -2.42. The lowest BCUT2D eigenvalue weighted by molar-refractivity contribution is -0.137. The van der Waals surface area contributed by atoms with E-state index >= 15 is 0 Å². The number of carbonyl (C=O) groups is 1. The van der Waals surface area contributed by atoms with Gasteiger partial charge in [0.2, 0.25) is 0 Å². The van der Waals surface area contributed by atoms with E-state index < -0.39 is 22.6 Å². The highest BCUT2D eigenvalue weighted by atomic mass is 19.4. The molecule has 0 amide bonds. The van der Waals surface area contributed by atoms with E-state index in [9.17, 15) is 18.0 Å². The first-order chi connectivity index (χ1) is 9.31. The van der Waals surface area contributed by atoms with Crippen molar-refractivity contribution in [3.8, 4) is 0 Å². The number of rotatable bonds is 4. The van der Waals surface area contributed by atoms with Crippen molar-refractivity contribution in [1.82, 2.24) is 0 Å². The molecule has 0 saturated carbocycles. The van der Waals surface area contributed by atoms with E-state index in [4.69, 9.17) is 0 Å². The fraction of sp³-hybridized carbons (Fsp3) is 0.588. The summed E-state index contributed by atoms with van der Waals surface area (Å²) in [6, 6.07) is 5.09. The minimum Gasteiger partial charge on any atom is -0.299 e. The third kappa shape index (κ3) is 3.30. The SMILES string of the molecule is CC(C)C(=O)C(C)(C)C(C)(C)c1ccc(C(F)(F)F)cc1. The monoisotopic (exact) mass is 300 g/mol. The maximum absolute atomic E-state index is 12.6. The number of hydrogen-bond acceptors (Lipinski definition) is 1. The molecule has 1 nitrogen and oxygen atoms in total. The maximum Gasteiger partial charge on any atom is 0.416 e. The average molecular weight is 300 g/mol. The topological polar surface area (TPSA) is 17.1 Å². The summed E-state index contributed by atoms with van der Waals surface area (Å²) < 4.78 is 37.9. The van der Waals surface area contributed by atoms with Gasteiger partial charge in [0.25, 0.3) is 0 Å². The normalized spacial score (nSPS) is 13.6. The molecule has 0 aliphatic heterocycles. The van der Waals surface area contributed by atoms with Crippen molar-refractivity contribution in [3.05, 3.63) is 35.4 Å².